The molecule has 0 aromatic heterocycles. The van der Waals surface area contributed by atoms with Crippen molar-refractivity contribution in [3.8, 4) is 0 Å². The fourth-order valence-corrected chi connectivity index (χ4v) is 2.03. The van der Waals surface area contributed by atoms with Gasteiger partial charge in [-0.05, 0) is 44.0 Å². The molecule has 0 saturated heterocycles. The summed E-state index contributed by atoms with van der Waals surface area (Å²) in [5, 5.41) is 0. The molecule has 0 spiro atoms. The number of hydrogen-bond donors (Lipinski definition) is 1. The molecular weight excluding hydrogens is 208 g/mol. The Kier molecular flexibility index (Phi) is 5.66. The average molecular weight is 234 g/mol. The lowest BCUT2D eigenvalue weighted by Crippen LogP contribution is -2.33. The number of rotatable bonds is 6. The largest absolute Gasteiger partial charge is 0.330 e. The van der Waals surface area contributed by atoms with Crippen LogP contribution in [0, 0.1) is 5.92 Å². The fraction of sp³-hybridized carbons (Fsp3) is 0.600. The Labute approximate surface area is 106 Å². The second kappa shape index (κ2) is 6.77. The molecule has 0 aliphatic carbocycles. The van der Waals surface area contributed by atoms with Crippen molar-refractivity contribution in [2.75, 3.05) is 13.6 Å². The van der Waals surface area contributed by atoms with Crippen LogP contribution in [-0.4, -0.2) is 24.5 Å². The highest BCUT2D eigenvalue weighted by molar-refractivity contribution is 5.27. The highest BCUT2D eigenvalue weighted by Gasteiger charge is 2.14. The van der Waals surface area contributed by atoms with E-state index < -0.39 is 0 Å². The molecule has 0 aliphatic rings. The fourth-order valence-electron chi connectivity index (χ4n) is 2.03. The molecule has 1 unspecified atom stereocenters. The van der Waals surface area contributed by atoms with Gasteiger partial charge >= 0.3 is 0 Å². The molecular formula is C15H26N2. The average Bonchev–Trinajstić information content (AvgIpc) is 2.30. The van der Waals surface area contributed by atoms with Crippen LogP contribution < -0.4 is 5.73 Å². The van der Waals surface area contributed by atoms with Crippen LogP contribution in [0.3, 0.4) is 0 Å². The lowest BCUT2D eigenvalue weighted by atomic mass is 10.0. The molecule has 2 heteroatoms. The Balaban J connectivity index is 2.73. The van der Waals surface area contributed by atoms with Gasteiger partial charge < -0.3 is 5.73 Å². The third-order valence-electron chi connectivity index (χ3n) is 3.61. The highest BCUT2D eigenvalue weighted by Crippen LogP contribution is 2.15. The molecule has 0 amide bonds. The van der Waals surface area contributed by atoms with Gasteiger partial charge in [0.15, 0.2) is 0 Å². The van der Waals surface area contributed by atoms with E-state index in [0.717, 1.165) is 19.5 Å². The summed E-state index contributed by atoms with van der Waals surface area (Å²) in [4.78, 5) is 2.42. The van der Waals surface area contributed by atoms with E-state index >= 15 is 0 Å². The van der Waals surface area contributed by atoms with Crippen molar-refractivity contribution in [1.82, 2.24) is 4.90 Å². The van der Waals surface area contributed by atoms with E-state index in [0.29, 0.717) is 12.0 Å². The van der Waals surface area contributed by atoms with Crippen molar-refractivity contribution in [2.45, 2.75) is 39.8 Å². The van der Waals surface area contributed by atoms with Crippen LogP contribution in [0.2, 0.25) is 0 Å². The first-order valence-electron chi connectivity index (χ1n) is 6.53. The topological polar surface area (TPSA) is 29.3 Å². The van der Waals surface area contributed by atoms with Gasteiger partial charge in [0.25, 0.3) is 0 Å². The van der Waals surface area contributed by atoms with E-state index in [-0.39, 0.29) is 0 Å². The first-order chi connectivity index (χ1) is 8.06. The Morgan fingerprint density at radius 2 is 1.71 bits per heavy atom. The summed E-state index contributed by atoms with van der Waals surface area (Å²) in [5.41, 5.74) is 8.45. The molecule has 0 heterocycles. The SMILES string of the molecule is CC(C)C(C)N(C)Cc1ccccc1CCN. The second-order valence-electron chi connectivity index (χ2n) is 5.21. The van der Waals surface area contributed by atoms with Gasteiger partial charge in [0, 0.05) is 12.6 Å². The summed E-state index contributed by atoms with van der Waals surface area (Å²) in [6.07, 6.45) is 0.972. The van der Waals surface area contributed by atoms with Crippen LogP contribution in [0.15, 0.2) is 24.3 Å². The molecule has 0 fully saturated rings. The quantitative estimate of drug-likeness (QED) is 0.820. The molecule has 2 nitrogen and oxygen atoms in total. The van der Waals surface area contributed by atoms with Crippen LogP contribution in [-0.2, 0) is 13.0 Å². The maximum absolute atomic E-state index is 5.65. The van der Waals surface area contributed by atoms with E-state index in [9.17, 15) is 0 Å². The van der Waals surface area contributed by atoms with Crippen molar-refractivity contribution >= 4 is 0 Å². The van der Waals surface area contributed by atoms with Crippen LogP contribution in [0.25, 0.3) is 0 Å². The highest BCUT2D eigenvalue weighted by atomic mass is 15.1. The summed E-state index contributed by atoms with van der Waals surface area (Å²) in [6, 6.07) is 9.22. The van der Waals surface area contributed by atoms with Gasteiger partial charge in [-0.3, -0.25) is 4.90 Å². The molecule has 1 aromatic carbocycles. The van der Waals surface area contributed by atoms with Crippen LogP contribution >= 0.6 is 0 Å². The van der Waals surface area contributed by atoms with E-state index in [4.69, 9.17) is 5.73 Å². The monoisotopic (exact) mass is 234 g/mol. The van der Waals surface area contributed by atoms with E-state index in [1.165, 1.54) is 11.1 Å². The first-order valence-corrected chi connectivity index (χ1v) is 6.53. The third-order valence-corrected chi connectivity index (χ3v) is 3.61. The Morgan fingerprint density at radius 3 is 2.24 bits per heavy atom. The number of benzene rings is 1. The molecule has 1 atom stereocenters. The zero-order valence-electron chi connectivity index (χ0n) is 11.6. The first kappa shape index (κ1) is 14.2. The zero-order chi connectivity index (χ0) is 12.8. The number of hydrogen-bond acceptors (Lipinski definition) is 2. The molecule has 0 saturated carbocycles. The minimum Gasteiger partial charge on any atom is -0.330 e. The van der Waals surface area contributed by atoms with Gasteiger partial charge in [0.2, 0.25) is 0 Å². The molecule has 1 rings (SSSR count). The van der Waals surface area contributed by atoms with Crippen molar-refractivity contribution in [2.24, 2.45) is 11.7 Å². The smallest absolute Gasteiger partial charge is 0.0236 e. The van der Waals surface area contributed by atoms with Crippen LogP contribution in [0.1, 0.15) is 31.9 Å². The minimum absolute atomic E-state index is 0.598. The third kappa shape index (κ3) is 4.14. The molecule has 0 radical (unpaired) electrons. The van der Waals surface area contributed by atoms with Gasteiger partial charge in [-0.1, -0.05) is 38.1 Å². The van der Waals surface area contributed by atoms with Crippen molar-refractivity contribution in [3.63, 3.8) is 0 Å². The molecule has 0 bridgehead atoms. The molecule has 96 valence electrons. The predicted molar refractivity (Wildman–Crippen MR) is 75.0 cm³/mol. The van der Waals surface area contributed by atoms with Gasteiger partial charge in [0.1, 0.15) is 0 Å². The summed E-state index contributed by atoms with van der Waals surface area (Å²) in [7, 11) is 2.20. The van der Waals surface area contributed by atoms with Crippen LogP contribution in [0.5, 0.6) is 0 Å². The van der Waals surface area contributed by atoms with E-state index in [1.807, 2.05) is 0 Å². The minimum atomic E-state index is 0.598. The van der Waals surface area contributed by atoms with Gasteiger partial charge in [-0.15, -0.1) is 0 Å². The summed E-state index contributed by atoms with van der Waals surface area (Å²) in [5.74, 6) is 0.682. The summed E-state index contributed by atoms with van der Waals surface area (Å²) < 4.78 is 0. The number of nitrogens with two attached hydrogens (primary N) is 1. The lowest BCUT2D eigenvalue weighted by molar-refractivity contribution is 0.200. The molecule has 0 aliphatic heterocycles. The molecule has 1 aromatic rings. The summed E-state index contributed by atoms with van der Waals surface area (Å²) >= 11 is 0. The van der Waals surface area contributed by atoms with E-state index in [2.05, 4.69) is 57.0 Å². The van der Waals surface area contributed by atoms with Gasteiger partial charge in [0.05, 0.1) is 0 Å². The molecule has 2 N–H and O–H groups in total. The normalized spacial score (nSPS) is 13.4. The van der Waals surface area contributed by atoms with Crippen molar-refractivity contribution in [3.05, 3.63) is 35.4 Å². The maximum atomic E-state index is 5.65. The summed E-state index contributed by atoms with van der Waals surface area (Å²) in [6.45, 7) is 8.56. The van der Waals surface area contributed by atoms with E-state index in [1.54, 1.807) is 0 Å². The van der Waals surface area contributed by atoms with Crippen LogP contribution in [0.4, 0.5) is 0 Å². The lowest BCUT2D eigenvalue weighted by Gasteiger charge is -2.28. The van der Waals surface area contributed by atoms with Gasteiger partial charge in [-0.2, -0.15) is 0 Å². The van der Waals surface area contributed by atoms with Gasteiger partial charge in [-0.25, -0.2) is 0 Å². The predicted octanol–water partition coefficient (Wildman–Crippen LogP) is 2.66. The Bertz CT molecular complexity index is 333. The van der Waals surface area contributed by atoms with Crippen molar-refractivity contribution < 1.29 is 0 Å². The number of nitrogens with zero attached hydrogens (tertiary/aromatic N) is 1. The van der Waals surface area contributed by atoms with Crippen molar-refractivity contribution in [1.29, 1.82) is 0 Å². The second-order valence-corrected chi connectivity index (χ2v) is 5.21. The standard InChI is InChI=1S/C15H26N2/c1-12(2)13(3)17(4)11-15-8-6-5-7-14(15)9-10-16/h5-8,12-13H,9-11,16H2,1-4H3. The Morgan fingerprint density at radius 1 is 1.12 bits per heavy atom. The maximum Gasteiger partial charge on any atom is 0.0236 e. The Hall–Kier alpha value is -0.860. The molecule has 17 heavy (non-hydrogen) atoms. The zero-order valence-corrected chi connectivity index (χ0v) is 11.6.